The van der Waals surface area contributed by atoms with Gasteiger partial charge in [0.15, 0.2) is 0 Å². The summed E-state index contributed by atoms with van der Waals surface area (Å²) in [5, 5.41) is 3.60. The molecule has 0 aliphatic heterocycles. The van der Waals surface area contributed by atoms with Crippen molar-refractivity contribution in [2.24, 2.45) is 0 Å². The maximum absolute atomic E-state index is 14.2. The lowest BCUT2D eigenvalue weighted by Gasteiger charge is -2.34. The topological polar surface area (TPSA) is 96.0 Å². The number of anilines is 1. The average Bonchev–Trinajstić information content (AvgIpc) is 2.97. The normalized spacial score (nSPS) is 12.7. The number of nitrogens with one attached hydrogen (secondary N) is 1. The Kier molecular flexibility index (Phi) is 11.7. The van der Waals surface area contributed by atoms with Gasteiger partial charge in [0.25, 0.3) is 10.0 Å². The molecule has 11 heteroatoms. The van der Waals surface area contributed by atoms with Gasteiger partial charge in [0.1, 0.15) is 18.3 Å². The first kappa shape index (κ1) is 33.2. The zero-order chi connectivity index (χ0) is 31.0. The van der Waals surface area contributed by atoms with Gasteiger partial charge in [-0.2, -0.15) is 0 Å². The van der Waals surface area contributed by atoms with Crippen molar-refractivity contribution in [3.8, 4) is 5.75 Å². The third kappa shape index (κ3) is 7.96. The first-order chi connectivity index (χ1) is 19.9. The number of benzene rings is 3. The van der Waals surface area contributed by atoms with Gasteiger partial charge in [0.05, 0.1) is 17.7 Å². The lowest BCUT2D eigenvalue weighted by atomic mass is 10.1. The Morgan fingerprint density at radius 3 is 2.14 bits per heavy atom. The van der Waals surface area contributed by atoms with E-state index in [2.05, 4.69) is 5.32 Å². The lowest BCUT2D eigenvalue weighted by molar-refractivity contribution is -0.140. The van der Waals surface area contributed by atoms with E-state index in [9.17, 15) is 18.0 Å². The molecule has 226 valence electrons. The fourth-order valence-electron chi connectivity index (χ4n) is 4.35. The standard InChI is InChI=1S/C31H37Cl2N3O5S/c1-6-22(4)34-31(38)29(7-2)35(19-26-27(32)12-9-13-28(26)33)30(37)20-36(23-10-8-11-24(18-23)41-5)42(39,40)25-16-14-21(3)15-17-25/h8-18,22,29H,6-7,19-20H2,1-5H3,(H,34,38)/t22-,29-/m1/s1. The third-order valence-corrected chi connectivity index (χ3v) is 9.50. The fourth-order valence-corrected chi connectivity index (χ4v) is 6.27. The molecular weight excluding hydrogens is 597 g/mol. The minimum atomic E-state index is -4.21. The summed E-state index contributed by atoms with van der Waals surface area (Å²) in [6.07, 6.45) is 0.977. The Morgan fingerprint density at radius 2 is 1.57 bits per heavy atom. The highest BCUT2D eigenvalue weighted by atomic mass is 35.5. The van der Waals surface area contributed by atoms with E-state index in [0.29, 0.717) is 27.8 Å². The zero-order valence-electron chi connectivity index (χ0n) is 24.4. The van der Waals surface area contributed by atoms with Crippen LogP contribution in [0.4, 0.5) is 5.69 Å². The van der Waals surface area contributed by atoms with Crippen LogP contribution < -0.4 is 14.4 Å². The molecule has 0 heterocycles. The number of ether oxygens (including phenoxy) is 1. The van der Waals surface area contributed by atoms with Crippen LogP contribution in [0.1, 0.15) is 44.7 Å². The molecule has 0 fully saturated rings. The lowest BCUT2D eigenvalue weighted by Crippen LogP contribution is -2.53. The minimum absolute atomic E-state index is 0.0194. The van der Waals surface area contributed by atoms with Gasteiger partial charge in [-0.25, -0.2) is 8.42 Å². The highest BCUT2D eigenvalue weighted by Crippen LogP contribution is 2.30. The van der Waals surface area contributed by atoms with E-state index in [1.54, 1.807) is 61.5 Å². The van der Waals surface area contributed by atoms with Crippen LogP contribution in [-0.4, -0.2) is 50.9 Å². The van der Waals surface area contributed by atoms with Crippen LogP contribution in [-0.2, 0) is 26.2 Å². The molecule has 2 atom stereocenters. The molecule has 0 saturated heterocycles. The molecule has 2 amide bonds. The second kappa shape index (κ2) is 14.8. The van der Waals surface area contributed by atoms with Crippen molar-refractivity contribution in [1.82, 2.24) is 10.2 Å². The Bertz CT molecular complexity index is 1480. The molecule has 0 saturated carbocycles. The maximum Gasteiger partial charge on any atom is 0.264 e. The predicted octanol–water partition coefficient (Wildman–Crippen LogP) is 6.23. The Labute approximate surface area is 258 Å². The van der Waals surface area contributed by atoms with Crippen molar-refractivity contribution in [3.05, 3.63) is 87.9 Å². The number of rotatable bonds is 13. The maximum atomic E-state index is 14.2. The largest absolute Gasteiger partial charge is 0.497 e. The van der Waals surface area contributed by atoms with Gasteiger partial charge in [-0.15, -0.1) is 0 Å². The van der Waals surface area contributed by atoms with E-state index in [0.717, 1.165) is 9.87 Å². The highest BCUT2D eigenvalue weighted by molar-refractivity contribution is 7.92. The van der Waals surface area contributed by atoms with E-state index in [1.807, 2.05) is 20.8 Å². The molecule has 3 rings (SSSR count). The number of methoxy groups -OCH3 is 1. The molecule has 42 heavy (non-hydrogen) atoms. The summed E-state index contributed by atoms with van der Waals surface area (Å²) in [6, 6.07) is 16.8. The number of nitrogens with zero attached hydrogens (tertiary/aromatic N) is 2. The van der Waals surface area contributed by atoms with Gasteiger partial charge in [-0.05, 0) is 63.1 Å². The predicted molar refractivity (Wildman–Crippen MR) is 168 cm³/mol. The van der Waals surface area contributed by atoms with Crippen molar-refractivity contribution in [3.63, 3.8) is 0 Å². The molecule has 0 radical (unpaired) electrons. The van der Waals surface area contributed by atoms with Gasteiger partial charge in [-0.3, -0.25) is 13.9 Å². The van der Waals surface area contributed by atoms with E-state index >= 15 is 0 Å². The van der Waals surface area contributed by atoms with Gasteiger partial charge in [0, 0.05) is 34.3 Å². The van der Waals surface area contributed by atoms with E-state index < -0.39 is 28.5 Å². The monoisotopic (exact) mass is 633 g/mol. The molecular formula is C31H37Cl2N3O5S. The average molecular weight is 635 g/mol. The molecule has 0 unspecified atom stereocenters. The van der Waals surface area contributed by atoms with Crippen LogP contribution in [0.5, 0.6) is 5.75 Å². The molecule has 0 aliphatic carbocycles. The second-order valence-corrected chi connectivity index (χ2v) is 12.7. The zero-order valence-corrected chi connectivity index (χ0v) is 26.8. The number of hydrogen-bond acceptors (Lipinski definition) is 5. The van der Waals surface area contributed by atoms with E-state index in [1.165, 1.54) is 24.1 Å². The molecule has 3 aromatic rings. The number of halogens is 2. The Balaban J connectivity index is 2.12. The number of aryl methyl sites for hydroxylation is 1. The Hall–Kier alpha value is -3.27. The number of carbonyl (C=O) groups excluding carboxylic acids is 2. The van der Waals surface area contributed by atoms with Gasteiger partial charge in [-0.1, -0.05) is 66.9 Å². The fraction of sp³-hybridized carbons (Fsp3) is 0.355. The van der Waals surface area contributed by atoms with Crippen LogP contribution in [0.15, 0.2) is 71.6 Å². The van der Waals surface area contributed by atoms with Gasteiger partial charge >= 0.3 is 0 Å². The smallest absolute Gasteiger partial charge is 0.264 e. The van der Waals surface area contributed by atoms with Crippen molar-refractivity contribution >= 4 is 50.7 Å². The number of sulfonamides is 1. The first-order valence-corrected chi connectivity index (χ1v) is 15.9. The van der Waals surface area contributed by atoms with Crippen LogP contribution >= 0.6 is 23.2 Å². The molecule has 0 spiro atoms. The molecule has 0 aliphatic rings. The third-order valence-electron chi connectivity index (χ3n) is 7.01. The molecule has 0 aromatic heterocycles. The molecule has 3 aromatic carbocycles. The number of amides is 2. The second-order valence-electron chi connectivity index (χ2n) is 9.99. The van der Waals surface area contributed by atoms with Crippen LogP contribution in [0, 0.1) is 6.92 Å². The Morgan fingerprint density at radius 1 is 0.952 bits per heavy atom. The van der Waals surface area contributed by atoms with Crippen molar-refractivity contribution in [2.45, 2.75) is 64.1 Å². The summed E-state index contributed by atoms with van der Waals surface area (Å²) in [7, 11) is -2.74. The van der Waals surface area contributed by atoms with Crippen LogP contribution in [0.2, 0.25) is 10.0 Å². The number of hydrogen-bond donors (Lipinski definition) is 1. The van der Waals surface area contributed by atoms with Gasteiger partial charge < -0.3 is 15.0 Å². The summed E-state index contributed by atoms with van der Waals surface area (Å²) in [5.41, 5.74) is 1.58. The molecule has 0 bridgehead atoms. The quantitative estimate of drug-likeness (QED) is 0.241. The van der Waals surface area contributed by atoms with E-state index in [4.69, 9.17) is 27.9 Å². The molecule has 8 nitrogen and oxygen atoms in total. The first-order valence-electron chi connectivity index (χ1n) is 13.7. The molecule has 1 N–H and O–H groups in total. The summed E-state index contributed by atoms with van der Waals surface area (Å²) >= 11 is 12.9. The summed E-state index contributed by atoms with van der Waals surface area (Å²) < 4.78 is 34.4. The van der Waals surface area contributed by atoms with Crippen molar-refractivity contribution in [1.29, 1.82) is 0 Å². The van der Waals surface area contributed by atoms with Crippen molar-refractivity contribution < 1.29 is 22.7 Å². The summed E-state index contributed by atoms with van der Waals surface area (Å²) in [5.74, 6) is -0.531. The number of carbonyl (C=O) groups is 2. The highest BCUT2D eigenvalue weighted by Gasteiger charge is 2.34. The van der Waals surface area contributed by atoms with Crippen LogP contribution in [0.25, 0.3) is 0 Å². The van der Waals surface area contributed by atoms with Crippen molar-refractivity contribution in [2.75, 3.05) is 18.0 Å². The summed E-state index contributed by atoms with van der Waals surface area (Å²) in [4.78, 5) is 29.0. The minimum Gasteiger partial charge on any atom is -0.497 e. The SMILES string of the molecule is CC[C@@H](C)NC(=O)[C@@H](CC)N(Cc1c(Cl)cccc1Cl)C(=O)CN(c1cccc(OC)c1)S(=O)(=O)c1ccc(C)cc1. The van der Waals surface area contributed by atoms with Gasteiger partial charge in [0.2, 0.25) is 11.8 Å². The summed E-state index contributed by atoms with van der Waals surface area (Å²) in [6.45, 7) is 6.78. The van der Waals surface area contributed by atoms with Crippen LogP contribution in [0.3, 0.4) is 0 Å². The van der Waals surface area contributed by atoms with E-state index in [-0.39, 0.29) is 35.5 Å².